The van der Waals surface area contributed by atoms with E-state index in [1.807, 2.05) is 37.9 Å². The van der Waals surface area contributed by atoms with Crippen LogP contribution < -0.4 is 16.0 Å². The van der Waals surface area contributed by atoms with E-state index in [1.165, 1.54) is 0 Å². The monoisotopic (exact) mass is 236 g/mol. The van der Waals surface area contributed by atoms with Gasteiger partial charge in [-0.15, -0.1) is 0 Å². The molecule has 1 heterocycles. The maximum Gasteiger partial charge on any atom is 0.239 e. The fraction of sp³-hybridized carbons (Fsp3) is 0.500. The number of amides is 1. The molecule has 0 fully saturated rings. The van der Waals surface area contributed by atoms with Gasteiger partial charge in [0, 0.05) is 19.6 Å². The number of likely N-dealkylation sites (N-methyl/N-ethyl adjacent to an activating group) is 1. The van der Waals surface area contributed by atoms with Crippen LogP contribution in [0, 0.1) is 0 Å². The first-order valence-corrected chi connectivity index (χ1v) is 5.68. The fourth-order valence-corrected chi connectivity index (χ4v) is 1.44. The molecule has 1 aromatic rings. The van der Waals surface area contributed by atoms with Crippen molar-refractivity contribution in [1.82, 2.24) is 10.3 Å². The Balaban J connectivity index is 2.56. The number of hydrogen-bond acceptors (Lipinski definition) is 4. The van der Waals surface area contributed by atoms with Crippen LogP contribution in [0.2, 0.25) is 0 Å². The van der Waals surface area contributed by atoms with Gasteiger partial charge >= 0.3 is 0 Å². The molecule has 0 atom stereocenters. The highest BCUT2D eigenvalue weighted by atomic mass is 16.2. The zero-order valence-electron chi connectivity index (χ0n) is 10.6. The van der Waals surface area contributed by atoms with Crippen molar-refractivity contribution in [3.8, 4) is 0 Å². The first-order chi connectivity index (χ1) is 8.02. The minimum atomic E-state index is 0.00500. The van der Waals surface area contributed by atoms with Gasteiger partial charge in [0.1, 0.15) is 0 Å². The fourth-order valence-electron chi connectivity index (χ4n) is 1.44. The van der Waals surface area contributed by atoms with E-state index in [4.69, 9.17) is 5.73 Å². The predicted molar refractivity (Wildman–Crippen MR) is 68.7 cm³/mol. The second-order valence-corrected chi connectivity index (χ2v) is 4.29. The summed E-state index contributed by atoms with van der Waals surface area (Å²) in [4.78, 5) is 17.6. The van der Waals surface area contributed by atoms with Gasteiger partial charge in [-0.3, -0.25) is 9.78 Å². The number of anilines is 1. The van der Waals surface area contributed by atoms with Crippen LogP contribution in [-0.2, 0) is 11.3 Å². The number of hydrogen-bond donors (Lipinski definition) is 2. The zero-order valence-corrected chi connectivity index (χ0v) is 10.6. The zero-order chi connectivity index (χ0) is 12.8. The van der Waals surface area contributed by atoms with E-state index in [1.54, 1.807) is 6.20 Å². The lowest BCUT2D eigenvalue weighted by Crippen LogP contribution is -2.38. The first-order valence-electron chi connectivity index (χ1n) is 5.68. The van der Waals surface area contributed by atoms with Crippen LogP contribution in [0.3, 0.4) is 0 Å². The number of carbonyl (C=O) groups is 1. The van der Waals surface area contributed by atoms with Crippen molar-refractivity contribution in [2.45, 2.75) is 26.4 Å². The molecule has 0 aromatic carbocycles. The third-order valence-electron chi connectivity index (χ3n) is 2.29. The molecule has 5 nitrogen and oxygen atoms in total. The third kappa shape index (κ3) is 4.40. The number of nitrogens with zero attached hydrogens (tertiary/aromatic N) is 2. The van der Waals surface area contributed by atoms with Crippen LogP contribution in [0.5, 0.6) is 0 Å². The Morgan fingerprint density at radius 1 is 1.53 bits per heavy atom. The maximum absolute atomic E-state index is 11.6. The van der Waals surface area contributed by atoms with E-state index >= 15 is 0 Å². The average Bonchev–Trinajstić information content (AvgIpc) is 2.28. The Hall–Kier alpha value is -1.62. The van der Waals surface area contributed by atoms with Crippen molar-refractivity contribution in [3.05, 3.63) is 24.0 Å². The minimum absolute atomic E-state index is 0.00500. The lowest BCUT2D eigenvalue weighted by molar-refractivity contribution is -0.120. The normalized spacial score (nSPS) is 10.4. The van der Waals surface area contributed by atoms with Crippen LogP contribution in [0.4, 0.5) is 5.69 Å². The van der Waals surface area contributed by atoms with Gasteiger partial charge in [-0.05, 0) is 26.0 Å². The molecule has 0 aliphatic heterocycles. The maximum atomic E-state index is 11.6. The molecule has 3 N–H and O–H groups in total. The molecular weight excluding hydrogens is 216 g/mol. The topological polar surface area (TPSA) is 71.2 Å². The molecule has 0 saturated heterocycles. The Morgan fingerprint density at radius 3 is 2.71 bits per heavy atom. The van der Waals surface area contributed by atoms with E-state index in [0.29, 0.717) is 13.1 Å². The van der Waals surface area contributed by atoms with Gasteiger partial charge in [0.25, 0.3) is 0 Å². The minimum Gasteiger partial charge on any atom is -0.364 e. The van der Waals surface area contributed by atoms with E-state index in [-0.39, 0.29) is 11.9 Å². The summed E-state index contributed by atoms with van der Waals surface area (Å²) >= 11 is 0. The van der Waals surface area contributed by atoms with Crippen molar-refractivity contribution in [2.24, 2.45) is 5.73 Å². The Morgan fingerprint density at radius 2 is 2.24 bits per heavy atom. The molecule has 0 aliphatic carbocycles. The van der Waals surface area contributed by atoms with E-state index in [2.05, 4.69) is 10.3 Å². The molecular formula is C12H20N4O. The summed E-state index contributed by atoms with van der Waals surface area (Å²) in [6, 6.07) is 3.94. The lowest BCUT2D eigenvalue weighted by Gasteiger charge is -2.19. The van der Waals surface area contributed by atoms with Gasteiger partial charge in [-0.25, -0.2) is 0 Å². The van der Waals surface area contributed by atoms with Crippen molar-refractivity contribution in [2.75, 3.05) is 18.5 Å². The quantitative estimate of drug-likeness (QED) is 0.781. The van der Waals surface area contributed by atoms with Crippen LogP contribution >= 0.6 is 0 Å². The molecule has 0 saturated carbocycles. The summed E-state index contributed by atoms with van der Waals surface area (Å²) in [5, 5.41) is 2.84. The summed E-state index contributed by atoms with van der Waals surface area (Å²) in [5.74, 6) is 0.00500. The predicted octanol–water partition coefficient (Wildman–Crippen LogP) is 0.501. The van der Waals surface area contributed by atoms with Gasteiger partial charge in [0.15, 0.2) is 0 Å². The second-order valence-electron chi connectivity index (χ2n) is 4.29. The summed E-state index contributed by atoms with van der Waals surface area (Å²) in [5.41, 5.74) is 7.22. The van der Waals surface area contributed by atoms with Crippen molar-refractivity contribution in [1.29, 1.82) is 0 Å². The summed E-state index contributed by atoms with van der Waals surface area (Å²) in [6.45, 7) is 4.63. The molecule has 0 unspecified atom stereocenters. The van der Waals surface area contributed by atoms with Gasteiger partial charge in [-0.2, -0.15) is 0 Å². The molecule has 1 rings (SSSR count). The molecule has 5 heteroatoms. The van der Waals surface area contributed by atoms with Gasteiger partial charge < -0.3 is 16.0 Å². The highest BCUT2D eigenvalue weighted by Crippen LogP contribution is 2.10. The summed E-state index contributed by atoms with van der Waals surface area (Å²) in [6.07, 6.45) is 1.73. The molecule has 1 amide bonds. The van der Waals surface area contributed by atoms with Gasteiger partial charge in [0.05, 0.1) is 24.1 Å². The molecule has 0 aliphatic rings. The highest BCUT2D eigenvalue weighted by Gasteiger charge is 2.08. The van der Waals surface area contributed by atoms with Crippen LogP contribution in [0.25, 0.3) is 0 Å². The second kappa shape index (κ2) is 6.20. The largest absolute Gasteiger partial charge is 0.364 e. The van der Waals surface area contributed by atoms with Crippen LogP contribution in [0.1, 0.15) is 19.5 Å². The molecule has 17 heavy (non-hydrogen) atoms. The Bertz CT molecular complexity index is 361. The van der Waals surface area contributed by atoms with Crippen molar-refractivity contribution >= 4 is 11.6 Å². The van der Waals surface area contributed by atoms with Crippen molar-refractivity contribution in [3.63, 3.8) is 0 Å². The molecule has 1 aromatic heterocycles. The summed E-state index contributed by atoms with van der Waals surface area (Å²) < 4.78 is 0. The number of carbonyl (C=O) groups excluding carboxylic acids is 1. The standard InChI is InChI=1S/C12H20N4O/c1-9(2)15-12(17)8-16(3)11-5-4-10(6-13)14-7-11/h4-5,7,9H,6,8,13H2,1-3H3,(H,15,17). The van der Waals surface area contributed by atoms with Crippen molar-refractivity contribution < 1.29 is 4.79 Å². The number of nitrogens with one attached hydrogen (secondary N) is 1. The van der Waals surface area contributed by atoms with E-state index in [0.717, 1.165) is 11.4 Å². The van der Waals surface area contributed by atoms with E-state index < -0.39 is 0 Å². The molecule has 0 spiro atoms. The number of nitrogens with two attached hydrogens (primary N) is 1. The number of pyridine rings is 1. The van der Waals surface area contributed by atoms with Crippen LogP contribution in [-0.4, -0.2) is 30.5 Å². The lowest BCUT2D eigenvalue weighted by atomic mass is 10.3. The van der Waals surface area contributed by atoms with E-state index in [9.17, 15) is 4.79 Å². The van der Waals surface area contributed by atoms with Gasteiger partial charge in [-0.1, -0.05) is 0 Å². The number of rotatable bonds is 5. The van der Waals surface area contributed by atoms with Crippen LogP contribution in [0.15, 0.2) is 18.3 Å². The van der Waals surface area contributed by atoms with Gasteiger partial charge in [0.2, 0.25) is 5.91 Å². The third-order valence-corrected chi connectivity index (χ3v) is 2.29. The Labute approximate surface area is 102 Å². The smallest absolute Gasteiger partial charge is 0.239 e. The molecule has 0 bridgehead atoms. The first kappa shape index (κ1) is 13.4. The summed E-state index contributed by atoms with van der Waals surface area (Å²) in [7, 11) is 1.86. The SMILES string of the molecule is CC(C)NC(=O)CN(C)c1ccc(CN)nc1. The molecule has 0 radical (unpaired) electrons. The average molecular weight is 236 g/mol. The highest BCUT2D eigenvalue weighted by molar-refractivity contribution is 5.81. The Kier molecular flexibility index (Phi) is 4.90. The number of aromatic nitrogens is 1. The molecule has 94 valence electrons.